The molecule has 4 nitrogen and oxygen atoms in total. The molecule has 0 saturated carbocycles. The van der Waals surface area contributed by atoms with E-state index in [-0.39, 0.29) is 17.5 Å². The molecule has 168 valence electrons. The Kier molecular flexibility index (Phi) is 6.56. The fourth-order valence-corrected chi connectivity index (χ4v) is 5.23. The highest BCUT2D eigenvalue weighted by atomic mass is 32.1. The van der Waals surface area contributed by atoms with Crippen LogP contribution in [0.5, 0.6) is 0 Å². The fraction of sp³-hybridized carbons (Fsp3) is 0.185. The number of hydrogen-bond acceptors (Lipinski definition) is 4. The minimum Gasteiger partial charge on any atom is -0.388 e. The zero-order chi connectivity index (χ0) is 23.5. The summed E-state index contributed by atoms with van der Waals surface area (Å²) >= 11 is 1.60. The first-order chi connectivity index (χ1) is 15.9. The van der Waals surface area contributed by atoms with Crippen LogP contribution in [0, 0.1) is 5.82 Å². The Balaban J connectivity index is 1.76. The number of carbonyl (C=O) groups is 2. The lowest BCUT2D eigenvalue weighted by Crippen LogP contribution is -2.32. The Morgan fingerprint density at radius 3 is 2.52 bits per heavy atom. The van der Waals surface area contributed by atoms with E-state index in [1.165, 1.54) is 19.1 Å². The summed E-state index contributed by atoms with van der Waals surface area (Å²) in [6.07, 6.45) is 6.00. The van der Waals surface area contributed by atoms with Gasteiger partial charge in [0, 0.05) is 40.2 Å². The van der Waals surface area contributed by atoms with Gasteiger partial charge in [-0.3, -0.25) is 9.59 Å². The highest BCUT2D eigenvalue weighted by Gasteiger charge is 2.27. The van der Waals surface area contributed by atoms with Crippen molar-refractivity contribution in [2.45, 2.75) is 20.3 Å². The van der Waals surface area contributed by atoms with Crippen molar-refractivity contribution in [1.29, 1.82) is 0 Å². The predicted molar refractivity (Wildman–Crippen MR) is 135 cm³/mol. The van der Waals surface area contributed by atoms with Gasteiger partial charge in [-0.1, -0.05) is 12.2 Å². The molecule has 3 aromatic rings. The summed E-state index contributed by atoms with van der Waals surface area (Å²) in [5.41, 5.74) is 4.96. The van der Waals surface area contributed by atoms with E-state index in [4.69, 9.17) is 0 Å². The van der Waals surface area contributed by atoms with Crippen LogP contribution in [0.4, 0.5) is 15.8 Å². The summed E-state index contributed by atoms with van der Waals surface area (Å²) in [7, 11) is 1.83. The number of anilines is 2. The lowest BCUT2D eigenvalue weighted by Gasteiger charge is -2.23. The van der Waals surface area contributed by atoms with Gasteiger partial charge in [0.05, 0.1) is 5.69 Å². The molecule has 0 saturated heterocycles. The minimum absolute atomic E-state index is 0.00908. The Bertz CT molecular complexity index is 1270. The summed E-state index contributed by atoms with van der Waals surface area (Å²) in [5, 5.41) is 3.05. The molecule has 1 amide bonds. The molecule has 0 fully saturated rings. The number of nitrogens with one attached hydrogen (secondary N) is 1. The quantitative estimate of drug-likeness (QED) is 0.357. The molecule has 0 bridgehead atoms. The third-order valence-electron chi connectivity index (χ3n) is 5.67. The Morgan fingerprint density at radius 2 is 1.85 bits per heavy atom. The molecular formula is C27H25FN2O2S. The summed E-state index contributed by atoms with van der Waals surface area (Å²) in [5.74, 6) is -0.542. The molecule has 1 aliphatic heterocycles. The number of allylic oxidation sites excluding steroid dienone is 4. The summed E-state index contributed by atoms with van der Waals surface area (Å²) < 4.78 is 14.3. The molecule has 4 rings (SSSR count). The van der Waals surface area contributed by atoms with Crippen LogP contribution in [0.1, 0.15) is 34.6 Å². The average Bonchev–Trinajstić information content (AvgIpc) is 3.17. The van der Waals surface area contributed by atoms with Gasteiger partial charge < -0.3 is 10.2 Å². The van der Waals surface area contributed by atoms with Gasteiger partial charge in [-0.2, -0.15) is 0 Å². The number of amides is 1. The Labute approximate surface area is 197 Å². The fourth-order valence-electron chi connectivity index (χ4n) is 3.93. The van der Waals surface area contributed by atoms with Crippen LogP contribution in [0.3, 0.4) is 0 Å². The number of rotatable bonds is 5. The number of carbonyl (C=O) groups excluding carboxylic acids is 2. The van der Waals surface area contributed by atoms with Crippen LogP contribution in [-0.4, -0.2) is 25.3 Å². The molecule has 1 aliphatic rings. The molecule has 6 heteroatoms. The first-order valence-electron chi connectivity index (χ1n) is 10.8. The van der Waals surface area contributed by atoms with Gasteiger partial charge in [0.15, 0.2) is 5.78 Å². The van der Waals surface area contributed by atoms with Crippen LogP contribution < -0.4 is 10.2 Å². The van der Waals surface area contributed by atoms with Crippen LogP contribution >= 0.6 is 11.3 Å². The topological polar surface area (TPSA) is 49.4 Å². The van der Waals surface area contributed by atoms with E-state index in [1.54, 1.807) is 40.5 Å². The summed E-state index contributed by atoms with van der Waals surface area (Å²) in [6, 6.07) is 14.0. The van der Waals surface area contributed by atoms with Crippen LogP contribution in [-0.2, 0) is 11.2 Å². The first-order valence-corrected chi connectivity index (χ1v) is 11.6. The zero-order valence-electron chi connectivity index (χ0n) is 18.8. The molecule has 0 aliphatic carbocycles. The smallest absolute Gasteiger partial charge is 0.258 e. The normalized spacial score (nSPS) is 13.5. The van der Waals surface area contributed by atoms with Crippen molar-refractivity contribution in [2.24, 2.45) is 0 Å². The molecule has 0 unspecified atom stereocenters. The van der Waals surface area contributed by atoms with Crippen molar-refractivity contribution < 1.29 is 14.0 Å². The molecule has 33 heavy (non-hydrogen) atoms. The average molecular weight is 461 g/mol. The third kappa shape index (κ3) is 4.66. The number of nitrogens with zero attached hydrogens (tertiary/aromatic N) is 1. The van der Waals surface area contributed by atoms with Gasteiger partial charge >= 0.3 is 0 Å². The van der Waals surface area contributed by atoms with Crippen LogP contribution in [0.2, 0.25) is 0 Å². The van der Waals surface area contributed by atoms with Gasteiger partial charge in [0.25, 0.3) is 5.91 Å². The molecular weight excluding hydrogens is 435 g/mol. The lowest BCUT2D eigenvalue weighted by atomic mass is 10.1. The third-order valence-corrected chi connectivity index (χ3v) is 6.93. The summed E-state index contributed by atoms with van der Waals surface area (Å²) in [4.78, 5) is 28.5. The molecule has 1 N–H and O–H groups in total. The maximum absolute atomic E-state index is 14.3. The van der Waals surface area contributed by atoms with Crippen molar-refractivity contribution in [2.75, 3.05) is 23.8 Å². The van der Waals surface area contributed by atoms with Crippen molar-refractivity contribution in [3.8, 4) is 10.4 Å². The van der Waals surface area contributed by atoms with Crippen molar-refractivity contribution in [3.05, 3.63) is 88.6 Å². The first kappa shape index (κ1) is 22.7. The Hall–Kier alpha value is -3.51. The second-order valence-electron chi connectivity index (χ2n) is 7.85. The van der Waals surface area contributed by atoms with E-state index in [2.05, 4.69) is 11.4 Å². The molecule has 1 aromatic heterocycles. The zero-order valence-corrected chi connectivity index (χ0v) is 19.6. The van der Waals surface area contributed by atoms with E-state index in [0.717, 1.165) is 32.1 Å². The van der Waals surface area contributed by atoms with Gasteiger partial charge in [-0.25, -0.2) is 4.39 Å². The minimum atomic E-state index is -0.379. The van der Waals surface area contributed by atoms with Gasteiger partial charge in [0.1, 0.15) is 5.82 Å². The number of hydrogen-bond donors (Lipinski definition) is 1. The van der Waals surface area contributed by atoms with Gasteiger partial charge in [-0.05, 0) is 86.0 Å². The van der Waals surface area contributed by atoms with Crippen molar-refractivity contribution in [1.82, 2.24) is 0 Å². The van der Waals surface area contributed by atoms with E-state index >= 15 is 0 Å². The highest BCUT2D eigenvalue weighted by molar-refractivity contribution is 7.16. The molecule has 2 heterocycles. The molecule has 0 spiro atoms. The standard InChI is InChI=1S/C27H25FN2O2S/c1-4-18(6-5-17(2)31)25-15-20-13-14-30(27(32)19-7-10-22(29-3)11-8-19)24-16-21(28)9-12-23(24)26(20)33-25/h4-12,15-16,29H,13-14H2,1-3H3/b6-5-,18-4+. The largest absolute Gasteiger partial charge is 0.388 e. The van der Waals surface area contributed by atoms with E-state index in [9.17, 15) is 14.0 Å². The van der Waals surface area contributed by atoms with E-state index in [1.807, 2.05) is 38.3 Å². The number of halogens is 1. The maximum atomic E-state index is 14.3. The number of thiophene rings is 1. The second-order valence-corrected chi connectivity index (χ2v) is 8.90. The second kappa shape index (κ2) is 9.55. The predicted octanol–water partition coefficient (Wildman–Crippen LogP) is 6.35. The van der Waals surface area contributed by atoms with E-state index in [0.29, 0.717) is 24.2 Å². The SMILES string of the molecule is C/C=C(\C=C/C(C)=O)c1cc2c(s1)-c1ccc(F)cc1N(C(=O)c1ccc(NC)cc1)CC2. The molecule has 0 atom stereocenters. The van der Waals surface area contributed by atoms with Crippen molar-refractivity contribution in [3.63, 3.8) is 0 Å². The lowest BCUT2D eigenvalue weighted by molar-refractivity contribution is -0.112. The molecule has 0 radical (unpaired) electrons. The number of benzene rings is 2. The summed E-state index contributed by atoms with van der Waals surface area (Å²) in [6.45, 7) is 3.91. The van der Waals surface area contributed by atoms with Crippen molar-refractivity contribution >= 4 is 40.0 Å². The Morgan fingerprint density at radius 1 is 1.09 bits per heavy atom. The van der Waals surface area contributed by atoms with Gasteiger partial charge in [-0.15, -0.1) is 11.3 Å². The highest BCUT2D eigenvalue weighted by Crippen LogP contribution is 2.43. The van der Waals surface area contributed by atoms with Crippen LogP contribution in [0.15, 0.2) is 66.8 Å². The number of fused-ring (bicyclic) bond motifs is 3. The monoisotopic (exact) mass is 460 g/mol. The molecule has 2 aromatic carbocycles. The maximum Gasteiger partial charge on any atom is 0.258 e. The number of ketones is 1. The van der Waals surface area contributed by atoms with Crippen LogP contribution in [0.25, 0.3) is 16.0 Å². The van der Waals surface area contributed by atoms with Gasteiger partial charge in [0.2, 0.25) is 0 Å². The van der Waals surface area contributed by atoms with E-state index < -0.39 is 0 Å².